The number of amides is 1. The van der Waals surface area contributed by atoms with Crippen LogP contribution in [0.25, 0.3) is 6.08 Å². The van der Waals surface area contributed by atoms with E-state index in [1.807, 2.05) is 36.4 Å². The molecule has 0 spiro atoms. The van der Waals surface area contributed by atoms with Crippen LogP contribution in [0, 0.1) is 5.82 Å². The lowest BCUT2D eigenvalue weighted by Crippen LogP contribution is -2.35. The molecule has 0 aromatic heterocycles. The average Bonchev–Trinajstić information content (AvgIpc) is 3.15. The van der Waals surface area contributed by atoms with E-state index in [2.05, 4.69) is 0 Å². The summed E-state index contributed by atoms with van der Waals surface area (Å²) >= 11 is 0. The highest BCUT2D eigenvalue weighted by atomic mass is 19.1. The molecule has 1 heterocycles. The highest BCUT2D eigenvalue weighted by Gasteiger charge is 2.21. The zero-order valence-corrected chi connectivity index (χ0v) is 14.1. The predicted octanol–water partition coefficient (Wildman–Crippen LogP) is 4.05. The number of nitrogens with zero attached hydrogens (tertiary/aromatic N) is 1. The van der Waals surface area contributed by atoms with Crippen molar-refractivity contribution in [2.75, 3.05) is 13.2 Å². The Morgan fingerprint density at radius 1 is 1.16 bits per heavy atom. The molecule has 0 bridgehead atoms. The molecule has 2 aromatic carbocycles. The third kappa shape index (κ3) is 5.26. The molecule has 1 unspecified atom stereocenters. The van der Waals surface area contributed by atoms with Crippen molar-refractivity contribution < 1.29 is 13.9 Å². The van der Waals surface area contributed by atoms with Crippen molar-refractivity contribution in [1.29, 1.82) is 0 Å². The number of rotatable bonds is 6. The van der Waals surface area contributed by atoms with Gasteiger partial charge in [-0.2, -0.15) is 0 Å². The number of benzene rings is 2. The highest BCUT2D eigenvalue weighted by molar-refractivity contribution is 5.91. The van der Waals surface area contributed by atoms with Gasteiger partial charge in [-0.25, -0.2) is 4.39 Å². The third-order valence-electron chi connectivity index (χ3n) is 4.26. The smallest absolute Gasteiger partial charge is 0.246 e. The molecule has 1 saturated heterocycles. The molecular formula is C21H22FNO2. The Morgan fingerprint density at radius 3 is 2.60 bits per heavy atom. The SMILES string of the molecule is O=C(/C=C/c1ccccc1)N(Cc1ccc(F)cc1)CC1CCCO1. The van der Waals surface area contributed by atoms with Gasteiger partial charge in [-0.05, 0) is 42.2 Å². The Labute approximate surface area is 147 Å². The molecular weight excluding hydrogens is 317 g/mol. The molecule has 130 valence electrons. The van der Waals surface area contributed by atoms with Gasteiger partial charge in [0.25, 0.3) is 0 Å². The van der Waals surface area contributed by atoms with Gasteiger partial charge in [0.15, 0.2) is 0 Å². The van der Waals surface area contributed by atoms with Gasteiger partial charge in [0.1, 0.15) is 5.82 Å². The van der Waals surface area contributed by atoms with Crippen molar-refractivity contribution >= 4 is 12.0 Å². The van der Waals surface area contributed by atoms with Crippen LogP contribution in [0.1, 0.15) is 24.0 Å². The van der Waals surface area contributed by atoms with Crippen molar-refractivity contribution in [3.05, 3.63) is 77.6 Å². The fourth-order valence-electron chi connectivity index (χ4n) is 2.91. The Kier molecular flexibility index (Phi) is 5.96. The summed E-state index contributed by atoms with van der Waals surface area (Å²) in [6.45, 7) is 1.75. The summed E-state index contributed by atoms with van der Waals surface area (Å²) in [6.07, 6.45) is 5.48. The van der Waals surface area contributed by atoms with Gasteiger partial charge in [-0.15, -0.1) is 0 Å². The van der Waals surface area contributed by atoms with Crippen LogP contribution in [0.4, 0.5) is 4.39 Å². The van der Waals surface area contributed by atoms with Crippen molar-refractivity contribution in [1.82, 2.24) is 4.90 Å². The van der Waals surface area contributed by atoms with Gasteiger partial charge >= 0.3 is 0 Å². The van der Waals surface area contributed by atoms with Crippen LogP contribution in [0.15, 0.2) is 60.7 Å². The molecule has 1 fully saturated rings. The molecule has 1 aliphatic rings. The fraction of sp³-hybridized carbons (Fsp3) is 0.286. The minimum atomic E-state index is -0.273. The second-order valence-corrected chi connectivity index (χ2v) is 6.22. The van der Waals surface area contributed by atoms with Gasteiger partial charge in [-0.3, -0.25) is 4.79 Å². The van der Waals surface area contributed by atoms with E-state index in [4.69, 9.17) is 4.74 Å². The molecule has 1 atom stereocenters. The lowest BCUT2D eigenvalue weighted by Gasteiger charge is -2.24. The fourth-order valence-corrected chi connectivity index (χ4v) is 2.91. The first-order chi connectivity index (χ1) is 12.2. The zero-order chi connectivity index (χ0) is 17.5. The monoisotopic (exact) mass is 339 g/mol. The third-order valence-corrected chi connectivity index (χ3v) is 4.26. The second kappa shape index (κ2) is 8.58. The van der Waals surface area contributed by atoms with Crippen LogP contribution >= 0.6 is 0 Å². The zero-order valence-electron chi connectivity index (χ0n) is 14.1. The van der Waals surface area contributed by atoms with E-state index in [0.717, 1.165) is 30.6 Å². The maximum Gasteiger partial charge on any atom is 0.246 e. The van der Waals surface area contributed by atoms with Crippen molar-refractivity contribution in [3.63, 3.8) is 0 Å². The standard InChI is InChI=1S/C21H22FNO2/c22-19-11-8-18(9-12-19)15-23(16-20-7-4-14-25-20)21(24)13-10-17-5-2-1-3-6-17/h1-3,5-6,8-13,20H,4,7,14-16H2/b13-10+. The normalized spacial score (nSPS) is 17.1. The van der Waals surface area contributed by atoms with Gasteiger partial charge < -0.3 is 9.64 Å². The molecule has 0 aliphatic carbocycles. The molecule has 0 N–H and O–H groups in total. The summed E-state index contributed by atoms with van der Waals surface area (Å²) in [5, 5.41) is 0. The number of halogens is 1. The first-order valence-electron chi connectivity index (χ1n) is 8.59. The molecule has 0 saturated carbocycles. The Morgan fingerprint density at radius 2 is 1.92 bits per heavy atom. The predicted molar refractivity (Wildman–Crippen MR) is 96.3 cm³/mol. The van der Waals surface area contributed by atoms with E-state index in [0.29, 0.717) is 13.1 Å². The van der Waals surface area contributed by atoms with Crippen molar-refractivity contribution in [2.24, 2.45) is 0 Å². The summed E-state index contributed by atoms with van der Waals surface area (Å²) in [7, 11) is 0. The highest BCUT2D eigenvalue weighted by Crippen LogP contribution is 2.16. The number of carbonyl (C=O) groups excluding carboxylic acids is 1. The van der Waals surface area contributed by atoms with Gasteiger partial charge in [0.05, 0.1) is 6.10 Å². The van der Waals surface area contributed by atoms with E-state index < -0.39 is 0 Å². The summed E-state index contributed by atoms with van der Waals surface area (Å²) in [5.41, 5.74) is 1.88. The minimum Gasteiger partial charge on any atom is -0.376 e. The minimum absolute atomic E-state index is 0.0660. The average molecular weight is 339 g/mol. The Hall–Kier alpha value is -2.46. The lowest BCUT2D eigenvalue weighted by atomic mass is 10.1. The Balaban J connectivity index is 1.71. The Bertz CT molecular complexity index is 706. The number of carbonyl (C=O) groups is 1. The number of ether oxygens (including phenoxy) is 1. The van der Waals surface area contributed by atoms with Crippen LogP contribution in [-0.2, 0) is 16.1 Å². The molecule has 2 aromatic rings. The summed E-state index contributed by atoms with van der Waals surface area (Å²) in [5.74, 6) is -0.339. The lowest BCUT2D eigenvalue weighted by molar-refractivity contribution is -0.128. The van der Waals surface area contributed by atoms with Gasteiger partial charge in [-0.1, -0.05) is 42.5 Å². The number of hydrogen-bond acceptors (Lipinski definition) is 2. The second-order valence-electron chi connectivity index (χ2n) is 6.22. The van der Waals surface area contributed by atoms with Gasteiger partial charge in [0, 0.05) is 25.8 Å². The van der Waals surface area contributed by atoms with Crippen LogP contribution in [0.3, 0.4) is 0 Å². The largest absolute Gasteiger partial charge is 0.376 e. The number of hydrogen-bond donors (Lipinski definition) is 0. The van der Waals surface area contributed by atoms with Gasteiger partial charge in [0.2, 0.25) is 5.91 Å². The quantitative estimate of drug-likeness (QED) is 0.743. The maximum absolute atomic E-state index is 13.1. The molecule has 1 aliphatic heterocycles. The van der Waals surface area contributed by atoms with E-state index in [9.17, 15) is 9.18 Å². The molecule has 3 nitrogen and oxygen atoms in total. The molecule has 4 heteroatoms. The van der Waals surface area contributed by atoms with Crippen LogP contribution in [0.2, 0.25) is 0 Å². The van der Waals surface area contributed by atoms with Crippen LogP contribution < -0.4 is 0 Å². The molecule has 25 heavy (non-hydrogen) atoms. The first-order valence-corrected chi connectivity index (χ1v) is 8.59. The summed E-state index contributed by atoms with van der Waals surface area (Å²) < 4.78 is 18.8. The molecule has 1 amide bonds. The summed E-state index contributed by atoms with van der Waals surface area (Å²) in [6, 6.07) is 16.0. The van der Waals surface area contributed by atoms with E-state index in [-0.39, 0.29) is 17.8 Å². The van der Waals surface area contributed by atoms with Crippen molar-refractivity contribution in [2.45, 2.75) is 25.5 Å². The van der Waals surface area contributed by atoms with E-state index in [1.165, 1.54) is 12.1 Å². The summed E-state index contributed by atoms with van der Waals surface area (Å²) in [4.78, 5) is 14.5. The molecule has 3 rings (SSSR count). The maximum atomic E-state index is 13.1. The van der Waals surface area contributed by atoms with E-state index in [1.54, 1.807) is 23.1 Å². The topological polar surface area (TPSA) is 29.5 Å². The van der Waals surface area contributed by atoms with E-state index >= 15 is 0 Å². The molecule has 0 radical (unpaired) electrons. The van der Waals surface area contributed by atoms with Crippen LogP contribution in [0.5, 0.6) is 0 Å². The van der Waals surface area contributed by atoms with Crippen molar-refractivity contribution in [3.8, 4) is 0 Å². The van der Waals surface area contributed by atoms with Crippen LogP contribution in [-0.4, -0.2) is 30.1 Å². The first kappa shape index (κ1) is 17.4.